The summed E-state index contributed by atoms with van der Waals surface area (Å²) in [5.74, 6) is 0. The van der Waals surface area contributed by atoms with Crippen LogP contribution in [0.1, 0.15) is 0 Å². The molecule has 0 fully saturated rings. The molecule has 14 heavy (non-hydrogen) atoms. The Morgan fingerprint density at radius 3 is 2.64 bits per heavy atom. The first-order chi connectivity index (χ1) is 6.59. The monoisotopic (exact) mass is 227 g/mol. The van der Waals surface area contributed by atoms with Crippen LogP contribution < -0.4 is 5.56 Å². The molecular formula is C10H7Cl2NO. The topological polar surface area (TPSA) is 22.0 Å². The van der Waals surface area contributed by atoms with Crippen LogP contribution in [0.15, 0.2) is 29.1 Å². The van der Waals surface area contributed by atoms with Gasteiger partial charge in [-0.1, -0.05) is 23.2 Å². The molecule has 1 heterocycles. The normalized spacial score (nSPS) is 10.8. The van der Waals surface area contributed by atoms with Crippen LogP contribution in [0.4, 0.5) is 0 Å². The van der Waals surface area contributed by atoms with Gasteiger partial charge in [-0.05, 0) is 24.3 Å². The van der Waals surface area contributed by atoms with Crippen molar-refractivity contribution in [2.75, 3.05) is 0 Å². The molecule has 0 radical (unpaired) electrons. The molecule has 2 aromatic rings. The highest BCUT2D eigenvalue weighted by atomic mass is 35.5. The zero-order valence-corrected chi connectivity index (χ0v) is 8.93. The molecular weight excluding hydrogens is 221 g/mol. The molecule has 0 bridgehead atoms. The fourth-order valence-electron chi connectivity index (χ4n) is 1.41. The average Bonchev–Trinajstić information content (AvgIpc) is 2.14. The van der Waals surface area contributed by atoms with Gasteiger partial charge in [0.25, 0.3) is 5.56 Å². The van der Waals surface area contributed by atoms with E-state index in [0.717, 1.165) is 10.9 Å². The van der Waals surface area contributed by atoms with Gasteiger partial charge >= 0.3 is 0 Å². The summed E-state index contributed by atoms with van der Waals surface area (Å²) in [5, 5.41) is 1.71. The lowest BCUT2D eigenvalue weighted by Crippen LogP contribution is -2.16. The number of halogens is 2. The minimum Gasteiger partial charge on any atom is -0.310 e. The molecule has 0 unspecified atom stereocenters. The van der Waals surface area contributed by atoms with Crippen molar-refractivity contribution in [3.8, 4) is 0 Å². The Morgan fingerprint density at radius 2 is 1.93 bits per heavy atom. The van der Waals surface area contributed by atoms with Crippen LogP contribution >= 0.6 is 23.2 Å². The predicted molar refractivity (Wildman–Crippen MR) is 59.2 cm³/mol. The van der Waals surface area contributed by atoms with Crippen molar-refractivity contribution in [1.29, 1.82) is 0 Å². The summed E-state index contributed by atoms with van der Waals surface area (Å²) < 4.78 is 1.51. The summed E-state index contributed by atoms with van der Waals surface area (Å²) in [4.78, 5) is 11.5. The Kier molecular flexibility index (Phi) is 2.25. The summed E-state index contributed by atoms with van der Waals surface area (Å²) in [6.07, 6.45) is 0. The van der Waals surface area contributed by atoms with Gasteiger partial charge in [0, 0.05) is 17.5 Å². The third-order valence-electron chi connectivity index (χ3n) is 2.14. The molecule has 0 aliphatic rings. The molecule has 1 aromatic heterocycles. The number of fused-ring (bicyclic) bond motifs is 1. The molecule has 2 nitrogen and oxygen atoms in total. The lowest BCUT2D eigenvalue weighted by Gasteiger charge is -2.05. The van der Waals surface area contributed by atoms with Crippen molar-refractivity contribution in [3.05, 3.63) is 44.7 Å². The van der Waals surface area contributed by atoms with E-state index in [1.54, 1.807) is 31.3 Å². The third kappa shape index (κ3) is 1.41. The zero-order valence-electron chi connectivity index (χ0n) is 7.42. The van der Waals surface area contributed by atoms with Crippen LogP contribution in [-0.2, 0) is 7.05 Å². The summed E-state index contributed by atoms with van der Waals surface area (Å²) >= 11 is 11.6. The zero-order chi connectivity index (χ0) is 10.3. The highest BCUT2D eigenvalue weighted by Crippen LogP contribution is 2.19. The highest BCUT2D eigenvalue weighted by Gasteiger charge is 2.04. The number of nitrogens with zero attached hydrogens (tertiary/aromatic N) is 1. The van der Waals surface area contributed by atoms with Gasteiger partial charge in [-0.25, -0.2) is 0 Å². The van der Waals surface area contributed by atoms with Gasteiger partial charge in [0.2, 0.25) is 0 Å². The number of aryl methyl sites for hydroxylation is 1. The number of hydrogen-bond donors (Lipinski definition) is 0. The van der Waals surface area contributed by atoms with E-state index in [1.165, 1.54) is 4.57 Å². The van der Waals surface area contributed by atoms with Crippen molar-refractivity contribution < 1.29 is 0 Å². The second-order valence-electron chi connectivity index (χ2n) is 3.06. The van der Waals surface area contributed by atoms with Gasteiger partial charge in [0.15, 0.2) is 0 Å². The van der Waals surface area contributed by atoms with Gasteiger partial charge in [0.05, 0.1) is 5.52 Å². The molecule has 72 valence electrons. The van der Waals surface area contributed by atoms with Crippen molar-refractivity contribution >= 4 is 34.1 Å². The Hall–Kier alpha value is -0.990. The van der Waals surface area contributed by atoms with E-state index in [0.29, 0.717) is 5.02 Å². The number of benzene rings is 1. The Balaban J connectivity index is 2.98. The van der Waals surface area contributed by atoms with Crippen LogP contribution in [0.3, 0.4) is 0 Å². The molecule has 0 atom stereocenters. The fraction of sp³-hybridized carbons (Fsp3) is 0.100. The second-order valence-corrected chi connectivity index (χ2v) is 3.90. The summed E-state index contributed by atoms with van der Waals surface area (Å²) in [7, 11) is 1.68. The van der Waals surface area contributed by atoms with Crippen molar-refractivity contribution in [2.45, 2.75) is 0 Å². The van der Waals surface area contributed by atoms with E-state index in [4.69, 9.17) is 23.2 Å². The van der Waals surface area contributed by atoms with Crippen LogP contribution in [0.25, 0.3) is 10.9 Å². The predicted octanol–water partition coefficient (Wildman–Crippen LogP) is 2.85. The summed E-state index contributed by atoms with van der Waals surface area (Å²) in [6, 6.07) is 6.96. The molecule has 1 aromatic carbocycles. The number of pyridine rings is 1. The first-order valence-corrected chi connectivity index (χ1v) is 4.80. The van der Waals surface area contributed by atoms with E-state index in [1.807, 2.05) is 0 Å². The maximum Gasteiger partial charge on any atom is 0.269 e. The van der Waals surface area contributed by atoms with Gasteiger partial charge in [-0.3, -0.25) is 4.79 Å². The maximum atomic E-state index is 11.5. The minimum absolute atomic E-state index is 0.193. The van der Waals surface area contributed by atoms with Gasteiger partial charge < -0.3 is 4.57 Å². The molecule has 0 spiro atoms. The quantitative estimate of drug-likeness (QED) is 0.679. The first-order valence-electron chi connectivity index (χ1n) is 4.04. The number of rotatable bonds is 0. The number of aromatic nitrogens is 1. The fourth-order valence-corrected chi connectivity index (χ4v) is 1.84. The van der Waals surface area contributed by atoms with Gasteiger partial charge in [-0.15, -0.1) is 0 Å². The number of hydrogen-bond acceptors (Lipinski definition) is 1. The van der Waals surface area contributed by atoms with Crippen LogP contribution in [0, 0.1) is 0 Å². The van der Waals surface area contributed by atoms with Crippen molar-refractivity contribution in [3.63, 3.8) is 0 Å². The van der Waals surface area contributed by atoms with Gasteiger partial charge in [0.1, 0.15) is 5.02 Å². The molecule has 0 aliphatic heterocycles. The summed E-state index contributed by atoms with van der Waals surface area (Å²) in [5.41, 5.74) is 0.630. The average molecular weight is 228 g/mol. The SMILES string of the molecule is Cn1c(=O)c(Cl)cc2cc(Cl)ccc21. The standard InChI is InChI=1S/C10H7Cl2NO/c1-13-9-3-2-7(11)4-6(9)5-8(12)10(13)14/h2-5H,1H3. The van der Waals surface area contributed by atoms with E-state index < -0.39 is 0 Å². The lowest BCUT2D eigenvalue weighted by molar-refractivity contribution is 0.906. The van der Waals surface area contributed by atoms with Crippen molar-refractivity contribution in [1.82, 2.24) is 4.57 Å². The van der Waals surface area contributed by atoms with E-state index >= 15 is 0 Å². The van der Waals surface area contributed by atoms with E-state index in [9.17, 15) is 4.79 Å². The molecule has 0 saturated heterocycles. The highest BCUT2D eigenvalue weighted by molar-refractivity contribution is 6.32. The molecule has 4 heteroatoms. The van der Waals surface area contributed by atoms with E-state index in [2.05, 4.69) is 0 Å². The van der Waals surface area contributed by atoms with Crippen molar-refractivity contribution in [2.24, 2.45) is 7.05 Å². The Labute approximate surface area is 90.7 Å². The van der Waals surface area contributed by atoms with Crippen LogP contribution in [0.2, 0.25) is 10.0 Å². The maximum absolute atomic E-state index is 11.5. The molecule has 0 amide bonds. The van der Waals surface area contributed by atoms with Crippen LogP contribution in [-0.4, -0.2) is 4.57 Å². The minimum atomic E-state index is -0.193. The molecule has 0 saturated carbocycles. The van der Waals surface area contributed by atoms with Crippen LogP contribution in [0.5, 0.6) is 0 Å². The first kappa shape index (κ1) is 9.56. The second kappa shape index (κ2) is 3.30. The molecule has 0 N–H and O–H groups in total. The third-order valence-corrected chi connectivity index (χ3v) is 2.65. The molecule has 0 aliphatic carbocycles. The Bertz CT molecular complexity index is 560. The lowest BCUT2D eigenvalue weighted by atomic mass is 10.2. The summed E-state index contributed by atoms with van der Waals surface area (Å²) in [6.45, 7) is 0. The molecule has 2 rings (SSSR count). The largest absolute Gasteiger partial charge is 0.310 e. The smallest absolute Gasteiger partial charge is 0.269 e. The Morgan fingerprint density at radius 1 is 1.21 bits per heavy atom. The van der Waals surface area contributed by atoms with E-state index in [-0.39, 0.29) is 10.6 Å². The van der Waals surface area contributed by atoms with Gasteiger partial charge in [-0.2, -0.15) is 0 Å².